The first-order valence-corrected chi connectivity index (χ1v) is 16.6. The Morgan fingerprint density at radius 2 is 1.37 bits per heavy atom. The first-order valence-electron chi connectivity index (χ1n) is 15.1. The second-order valence-electron chi connectivity index (χ2n) is 10.4. The summed E-state index contributed by atoms with van der Waals surface area (Å²) in [6.45, 7) is 2.78. The number of esters is 1. The monoisotopic (exact) mass is 584 g/mol. The van der Waals surface area contributed by atoms with Crippen LogP contribution in [0.25, 0.3) is 0 Å². The number of methoxy groups -OCH3 is 1. The fraction of sp³-hybridized carbons (Fsp3) is 0.515. The van der Waals surface area contributed by atoms with Gasteiger partial charge in [-0.25, -0.2) is 13.2 Å². The van der Waals surface area contributed by atoms with Crippen molar-refractivity contribution in [2.45, 2.75) is 102 Å². The summed E-state index contributed by atoms with van der Waals surface area (Å²) in [5, 5.41) is 2.89. The number of benzene rings is 2. The van der Waals surface area contributed by atoms with Crippen LogP contribution in [0.5, 0.6) is 0 Å². The van der Waals surface area contributed by atoms with Crippen LogP contribution in [-0.2, 0) is 14.8 Å². The summed E-state index contributed by atoms with van der Waals surface area (Å²) in [4.78, 5) is 25.0. The van der Waals surface area contributed by atoms with Crippen LogP contribution in [0.2, 0.25) is 0 Å². The highest BCUT2D eigenvalue weighted by atomic mass is 32.2. The third-order valence-corrected chi connectivity index (χ3v) is 8.34. The number of allylic oxidation sites excluding steroid dienone is 2. The van der Waals surface area contributed by atoms with Gasteiger partial charge in [-0.1, -0.05) is 95.1 Å². The molecule has 226 valence electrons. The highest BCUT2D eigenvalue weighted by molar-refractivity contribution is 7.92. The Kier molecular flexibility index (Phi) is 16.5. The summed E-state index contributed by atoms with van der Waals surface area (Å²) in [5.74, 6) is -1.03. The van der Waals surface area contributed by atoms with Crippen molar-refractivity contribution < 1.29 is 22.7 Å². The Labute approximate surface area is 247 Å². The average Bonchev–Trinajstić information content (AvgIpc) is 2.98. The molecule has 0 aliphatic carbocycles. The van der Waals surface area contributed by atoms with Crippen molar-refractivity contribution in [3.05, 3.63) is 71.8 Å². The third-order valence-electron chi connectivity index (χ3n) is 6.96. The molecule has 0 saturated heterocycles. The summed E-state index contributed by atoms with van der Waals surface area (Å²) >= 11 is 0. The molecule has 0 fully saturated rings. The lowest BCUT2D eigenvalue weighted by atomic mass is 10.1. The Morgan fingerprint density at radius 1 is 0.780 bits per heavy atom. The minimum absolute atomic E-state index is 0.00870. The molecule has 8 heteroatoms. The lowest BCUT2D eigenvalue weighted by Gasteiger charge is -2.13. The number of carbonyl (C=O) groups excluding carboxylic acids is 2. The molecule has 0 aliphatic rings. The van der Waals surface area contributed by atoms with Gasteiger partial charge in [0.1, 0.15) is 0 Å². The van der Waals surface area contributed by atoms with Crippen molar-refractivity contribution in [3.8, 4) is 0 Å². The maximum Gasteiger partial charge on any atom is 0.339 e. The summed E-state index contributed by atoms with van der Waals surface area (Å²) in [7, 11) is -2.74. The maximum atomic E-state index is 12.8. The zero-order valence-electron chi connectivity index (χ0n) is 24.8. The molecule has 0 unspecified atom stereocenters. The number of carbonyl (C=O) groups is 2. The molecule has 2 N–H and O–H groups in total. The largest absolute Gasteiger partial charge is 0.465 e. The van der Waals surface area contributed by atoms with Gasteiger partial charge >= 0.3 is 5.97 Å². The number of ether oxygens (including phenoxy) is 1. The van der Waals surface area contributed by atoms with Crippen molar-refractivity contribution >= 4 is 27.6 Å². The number of anilines is 1. The Balaban J connectivity index is 1.69. The van der Waals surface area contributed by atoms with Crippen molar-refractivity contribution in [3.63, 3.8) is 0 Å². The van der Waals surface area contributed by atoms with Gasteiger partial charge in [-0.2, -0.15) is 0 Å². The minimum Gasteiger partial charge on any atom is -0.465 e. The maximum absolute atomic E-state index is 12.8. The Hall–Kier alpha value is -3.13. The van der Waals surface area contributed by atoms with Gasteiger partial charge in [0.05, 0.1) is 23.3 Å². The molecule has 2 aromatic rings. The molecule has 0 aliphatic heterocycles. The van der Waals surface area contributed by atoms with Gasteiger partial charge in [0, 0.05) is 12.1 Å². The summed E-state index contributed by atoms with van der Waals surface area (Å²) in [6, 6.07) is 12.1. The Bertz CT molecular complexity index is 1180. The van der Waals surface area contributed by atoms with Crippen LogP contribution in [0.15, 0.2) is 65.6 Å². The van der Waals surface area contributed by atoms with Crippen LogP contribution in [0.3, 0.4) is 0 Å². The van der Waals surface area contributed by atoms with Crippen molar-refractivity contribution in [2.75, 3.05) is 18.4 Å². The van der Waals surface area contributed by atoms with Crippen molar-refractivity contribution in [1.29, 1.82) is 0 Å². The van der Waals surface area contributed by atoms with Crippen LogP contribution in [0.4, 0.5) is 5.69 Å². The quantitative estimate of drug-likeness (QED) is 0.0878. The van der Waals surface area contributed by atoms with E-state index in [0.29, 0.717) is 6.54 Å². The van der Waals surface area contributed by atoms with Gasteiger partial charge in [-0.05, 0) is 62.4 Å². The second-order valence-corrected chi connectivity index (χ2v) is 12.0. The van der Waals surface area contributed by atoms with E-state index in [1.54, 1.807) is 18.2 Å². The number of unbranched alkanes of at least 4 members (excludes halogenated alkanes) is 12. The predicted octanol–water partition coefficient (Wildman–Crippen LogP) is 8.04. The smallest absolute Gasteiger partial charge is 0.339 e. The number of rotatable bonds is 21. The number of hydrogen-bond acceptors (Lipinski definition) is 5. The van der Waals surface area contributed by atoms with E-state index in [2.05, 4.69) is 29.1 Å². The number of amides is 1. The summed E-state index contributed by atoms with van der Waals surface area (Å²) in [6.07, 6.45) is 21.8. The summed E-state index contributed by atoms with van der Waals surface area (Å²) < 4.78 is 32.9. The molecule has 1 amide bonds. The van der Waals surface area contributed by atoms with E-state index in [9.17, 15) is 18.0 Å². The third kappa shape index (κ3) is 13.4. The van der Waals surface area contributed by atoms with Gasteiger partial charge in [-0.15, -0.1) is 0 Å². The van der Waals surface area contributed by atoms with E-state index in [1.165, 1.54) is 102 Å². The highest BCUT2D eigenvalue weighted by Crippen LogP contribution is 2.23. The van der Waals surface area contributed by atoms with Gasteiger partial charge in [0.25, 0.3) is 15.9 Å². The molecular weight excluding hydrogens is 536 g/mol. The van der Waals surface area contributed by atoms with Crippen LogP contribution in [-0.4, -0.2) is 33.9 Å². The van der Waals surface area contributed by atoms with Crippen molar-refractivity contribution in [1.82, 2.24) is 5.32 Å². The molecule has 0 aromatic heterocycles. The standard InChI is InChI=1S/C33H48N2O5S/c1-3-4-5-6-7-8-9-10-11-12-13-14-15-16-17-21-26-34-32(36)28-24-25-30(33(37)40-2)31(27-28)35-41(38,39)29-22-19-18-20-23-29/h10-11,18-20,22-25,27,35H,3-9,12-17,21,26H2,1-2H3,(H,34,36)/b11-10-. The van der Waals surface area contributed by atoms with Crippen molar-refractivity contribution in [2.24, 2.45) is 0 Å². The number of nitrogens with one attached hydrogen (secondary N) is 2. The molecule has 2 rings (SSSR count). The van der Waals surface area contributed by atoms with Gasteiger partial charge in [-0.3, -0.25) is 9.52 Å². The summed E-state index contributed by atoms with van der Waals surface area (Å²) in [5.41, 5.74) is 0.274. The molecular formula is C33H48N2O5S. The normalized spacial score (nSPS) is 11.5. The lowest BCUT2D eigenvalue weighted by molar-refractivity contribution is 0.0601. The molecule has 0 heterocycles. The molecule has 2 aromatic carbocycles. The van der Waals surface area contributed by atoms with Crippen LogP contribution in [0.1, 0.15) is 118 Å². The topological polar surface area (TPSA) is 102 Å². The van der Waals surface area contributed by atoms with E-state index in [4.69, 9.17) is 4.74 Å². The molecule has 41 heavy (non-hydrogen) atoms. The van der Waals surface area contributed by atoms with Gasteiger partial charge in [0.15, 0.2) is 0 Å². The van der Waals surface area contributed by atoms with E-state index in [-0.39, 0.29) is 27.6 Å². The molecule has 0 radical (unpaired) electrons. The first-order chi connectivity index (χ1) is 19.9. The van der Waals surface area contributed by atoms with Crippen LogP contribution >= 0.6 is 0 Å². The molecule has 0 bridgehead atoms. The minimum atomic E-state index is -3.96. The average molecular weight is 585 g/mol. The molecule has 0 atom stereocenters. The first kappa shape index (κ1) is 34.1. The van der Waals surface area contributed by atoms with Crippen LogP contribution in [0, 0.1) is 0 Å². The number of hydrogen-bond donors (Lipinski definition) is 2. The van der Waals surface area contributed by atoms with Crippen LogP contribution < -0.4 is 10.0 Å². The Morgan fingerprint density at radius 3 is 1.98 bits per heavy atom. The predicted molar refractivity (Wildman–Crippen MR) is 167 cm³/mol. The lowest BCUT2D eigenvalue weighted by Crippen LogP contribution is -2.25. The fourth-order valence-corrected chi connectivity index (χ4v) is 5.63. The SMILES string of the molecule is CCCCCCCC/C=C\CCCCCCCCNC(=O)c1ccc(C(=O)OC)c(NS(=O)(=O)c2ccccc2)c1. The van der Waals surface area contributed by atoms with E-state index >= 15 is 0 Å². The zero-order valence-corrected chi connectivity index (χ0v) is 25.6. The second kappa shape index (κ2) is 19.9. The van der Waals surface area contributed by atoms with E-state index < -0.39 is 16.0 Å². The molecule has 0 saturated carbocycles. The van der Waals surface area contributed by atoms with E-state index in [1.807, 2.05) is 0 Å². The van der Waals surface area contributed by atoms with Gasteiger partial charge < -0.3 is 10.1 Å². The fourth-order valence-electron chi connectivity index (χ4n) is 4.54. The highest BCUT2D eigenvalue weighted by Gasteiger charge is 2.21. The molecule has 0 spiro atoms. The zero-order chi connectivity index (χ0) is 29.8. The number of sulfonamides is 1. The van der Waals surface area contributed by atoms with Gasteiger partial charge in [0.2, 0.25) is 0 Å². The molecule has 7 nitrogen and oxygen atoms in total. The van der Waals surface area contributed by atoms with E-state index in [0.717, 1.165) is 25.7 Å².